The number of nitrogens with one attached hydrogen (secondary N) is 1. The molecule has 3 aromatic rings. The largest absolute Gasteiger partial charge is 0.416 e. The van der Waals surface area contributed by atoms with Gasteiger partial charge in [-0.3, -0.25) is 0 Å². The second kappa shape index (κ2) is 4.84. The molecule has 0 amide bonds. The predicted molar refractivity (Wildman–Crippen MR) is 74.2 cm³/mol. The van der Waals surface area contributed by atoms with Gasteiger partial charge < -0.3 is 4.98 Å². The first kappa shape index (κ1) is 14.1. The number of rotatable bonds is 1. The van der Waals surface area contributed by atoms with E-state index in [1.807, 2.05) is 0 Å². The summed E-state index contributed by atoms with van der Waals surface area (Å²) in [5.74, 6) is -0.0424. The van der Waals surface area contributed by atoms with Crippen LogP contribution < -0.4 is 0 Å². The van der Waals surface area contributed by atoms with Crippen LogP contribution in [0.25, 0.3) is 22.4 Å². The van der Waals surface area contributed by atoms with Crippen molar-refractivity contribution in [2.45, 2.75) is 6.18 Å². The van der Waals surface area contributed by atoms with Crippen LogP contribution in [-0.2, 0) is 6.18 Å². The van der Waals surface area contributed by atoms with E-state index in [9.17, 15) is 17.6 Å². The average molecular weight is 359 g/mol. The molecule has 2 aromatic carbocycles. The van der Waals surface area contributed by atoms with E-state index < -0.39 is 17.6 Å². The van der Waals surface area contributed by atoms with Crippen molar-refractivity contribution < 1.29 is 17.6 Å². The lowest BCUT2D eigenvalue weighted by Crippen LogP contribution is -2.04. The van der Waals surface area contributed by atoms with Gasteiger partial charge in [-0.15, -0.1) is 0 Å². The summed E-state index contributed by atoms with van der Waals surface area (Å²) in [5, 5.41) is 0. The van der Waals surface area contributed by atoms with Gasteiger partial charge in [0.2, 0.25) is 0 Å². The minimum atomic E-state index is -4.40. The zero-order chi connectivity index (χ0) is 15.2. The second-order valence-corrected chi connectivity index (χ2v) is 5.30. The predicted octanol–water partition coefficient (Wildman–Crippen LogP) is 5.15. The fourth-order valence-corrected chi connectivity index (χ4v) is 2.34. The van der Waals surface area contributed by atoms with E-state index in [1.165, 1.54) is 24.3 Å². The molecule has 0 aliphatic carbocycles. The number of hydrogen-bond acceptors (Lipinski definition) is 1. The van der Waals surface area contributed by atoms with Crippen molar-refractivity contribution in [2.75, 3.05) is 0 Å². The van der Waals surface area contributed by atoms with Gasteiger partial charge in [0.15, 0.2) is 0 Å². The van der Waals surface area contributed by atoms with Gasteiger partial charge >= 0.3 is 6.18 Å². The highest BCUT2D eigenvalue weighted by atomic mass is 79.9. The Balaban J connectivity index is 2.10. The second-order valence-electron chi connectivity index (χ2n) is 4.44. The SMILES string of the molecule is Fc1ccc(-c2nc3ccc(C(F)(F)F)cc3[nH]2)cc1Br. The van der Waals surface area contributed by atoms with E-state index >= 15 is 0 Å². The lowest BCUT2D eigenvalue weighted by atomic mass is 10.2. The van der Waals surface area contributed by atoms with E-state index in [4.69, 9.17) is 0 Å². The van der Waals surface area contributed by atoms with Gasteiger partial charge in [0, 0.05) is 5.56 Å². The van der Waals surface area contributed by atoms with Crippen LogP contribution in [0.1, 0.15) is 5.56 Å². The van der Waals surface area contributed by atoms with Gasteiger partial charge in [-0.25, -0.2) is 9.37 Å². The van der Waals surface area contributed by atoms with Crippen LogP contribution >= 0.6 is 15.9 Å². The van der Waals surface area contributed by atoms with Crippen molar-refractivity contribution in [1.82, 2.24) is 9.97 Å². The van der Waals surface area contributed by atoms with Gasteiger partial charge in [0.25, 0.3) is 0 Å². The highest BCUT2D eigenvalue weighted by molar-refractivity contribution is 9.10. The molecule has 7 heteroatoms. The lowest BCUT2D eigenvalue weighted by Gasteiger charge is -2.05. The third kappa shape index (κ3) is 2.65. The molecule has 1 heterocycles. The standard InChI is InChI=1S/C14H7BrF4N2/c15-9-5-7(1-3-10(9)16)13-20-11-4-2-8(14(17,18)19)6-12(11)21-13/h1-6H,(H,20,21). The van der Waals surface area contributed by atoms with E-state index in [1.54, 1.807) is 0 Å². The fourth-order valence-electron chi connectivity index (χ4n) is 1.97. The molecule has 0 atom stereocenters. The van der Waals surface area contributed by atoms with Crippen LogP contribution in [0.4, 0.5) is 17.6 Å². The van der Waals surface area contributed by atoms with Crippen LogP contribution in [0.5, 0.6) is 0 Å². The lowest BCUT2D eigenvalue weighted by molar-refractivity contribution is -0.137. The zero-order valence-corrected chi connectivity index (χ0v) is 11.9. The maximum atomic E-state index is 13.2. The summed E-state index contributed by atoms with van der Waals surface area (Å²) in [4.78, 5) is 7.03. The minimum Gasteiger partial charge on any atom is -0.338 e. The number of halogens is 5. The van der Waals surface area contributed by atoms with Gasteiger partial charge in [0.05, 0.1) is 21.1 Å². The third-order valence-corrected chi connectivity index (χ3v) is 3.61. The number of aromatic amines is 1. The average Bonchev–Trinajstić information content (AvgIpc) is 2.83. The molecule has 21 heavy (non-hydrogen) atoms. The highest BCUT2D eigenvalue weighted by Crippen LogP contribution is 2.32. The van der Waals surface area contributed by atoms with Gasteiger partial charge in [0.1, 0.15) is 11.6 Å². The number of H-pyrrole nitrogens is 1. The third-order valence-electron chi connectivity index (χ3n) is 3.00. The molecule has 0 unspecified atom stereocenters. The first-order valence-corrected chi connectivity index (χ1v) is 6.66. The number of benzene rings is 2. The number of imidazole rings is 1. The molecule has 0 saturated carbocycles. The summed E-state index contributed by atoms with van der Waals surface area (Å²) in [5.41, 5.74) is 0.525. The first-order chi connectivity index (χ1) is 9.84. The Labute approximate surface area is 124 Å². The first-order valence-electron chi connectivity index (χ1n) is 5.87. The molecule has 1 aromatic heterocycles. The molecule has 2 nitrogen and oxygen atoms in total. The Kier molecular flexibility index (Phi) is 3.24. The van der Waals surface area contributed by atoms with Crippen molar-refractivity contribution in [3.8, 4) is 11.4 Å². The Morgan fingerprint density at radius 3 is 2.48 bits per heavy atom. The Morgan fingerprint density at radius 2 is 1.81 bits per heavy atom. The number of aromatic nitrogens is 2. The number of nitrogens with zero attached hydrogens (tertiary/aromatic N) is 1. The quantitative estimate of drug-likeness (QED) is 0.598. The molecule has 0 spiro atoms. The van der Waals surface area contributed by atoms with Gasteiger partial charge in [-0.1, -0.05) is 0 Å². The van der Waals surface area contributed by atoms with Crippen LogP contribution in [-0.4, -0.2) is 9.97 Å². The van der Waals surface area contributed by atoms with Gasteiger partial charge in [-0.2, -0.15) is 13.2 Å². The topological polar surface area (TPSA) is 28.7 Å². The summed E-state index contributed by atoms with van der Waals surface area (Å²) >= 11 is 3.06. The Bertz CT molecular complexity index is 823. The molecule has 0 radical (unpaired) electrons. The summed E-state index contributed by atoms with van der Waals surface area (Å²) in [6.07, 6.45) is -4.40. The molecular weight excluding hydrogens is 352 g/mol. The van der Waals surface area contributed by atoms with E-state index in [-0.39, 0.29) is 9.99 Å². The fraction of sp³-hybridized carbons (Fsp3) is 0.0714. The summed E-state index contributed by atoms with van der Waals surface area (Å²) in [6, 6.07) is 7.56. The van der Waals surface area contributed by atoms with Crippen LogP contribution in [0, 0.1) is 5.82 Å². The van der Waals surface area contributed by atoms with Crippen molar-refractivity contribution in [2.24, 2.45) is 0 Å². The zero-order valence-electron chi connectivity index (χ0n) is 10.3. The minimum absolute atomic E-state index is 0.261. The highest BCUT2D eigenvalue weighted by Gasteiger charge is 2.30. The van der Waals surface area contributed by atoms with Crippen molar-refractivity contribution in [3.63, 3.8) is 0 Å². The van der Waals surface area contributed by atoms with Crippen molar-refractivity contribution in [3.05, 3.63) is 52.3 Å². The molecule has 3 rings (SSSR count). The molecule has 108 valence electrons. The maximum Gasteiger partial charge on any atom is 0.416 e. The maximum absolute atomic E-state index is 13.2. The van der Waals surface area contributed by atoms with E-state index in [0.29, 0.717) is 16.9 Å². The molecular formula is C14H7BrF4N2. The summed E-state index contributed by atoms with van der Waals surface area (Å²) in [6.45, 7) is 0. The smallest absolute Gasteiger partial charge is 0.338 e. The molecule has 1 N–H and O–H groups in total. The number of hydrogen-bond donors (Lipinski definition) is 1. The monoisotopic (exact) mass is 358 g/mol. The van der Waals surface area contributed by atoms with Crippen molar-refractivity contribution >= 4 is 27.0 Å². The van der Waals surface area contributed by atoms with Crippen LogP contribution in [0.15, 0.2) is 40.9 Å². The molecule has 0 bridgehead atoms. The molecule has 0 aliphatic heterocycles. The van der Waals surface area contributed by atoms with Gasteiger partial charge in [-0.05, 0) is 52.3 Å². The number of alkyl halides is 3. The summed E-state index contributed by atoms with van der Waals surface area (Å²) in [7, 11) is 0. The Hall–Kier alpha value is -1.89. The number of fused-ring (bicyclic) bond motifs is 1. The normalized spacial score (nSPS) is 12.0. The molecule has 0 saturated heterocycles. The van der Waals surface area contributed by atoms with E-state index in [0.717, 1.165) is 12.1 Å². The Morgan fingerprint density at radius 1 is 1.05 bits per heavy atom. The van der Waals surface area contributed by atoms with E-state index in [2.05, 4.69) is 25.9 Å². The van der Waals surface area contributed by atoms with Crippen molar-refractivity contribution in [1.29, 1.82) is 0 Å². The van der Waals surface area contributed by atoms with Crippen LogP contribution in [0.2, 0.25) is 0 Å². The molecule has 0 aliphatic rings. The molecule has 0 fully saturated rings. The van der Waals surface area contributed by atoms with Crippen LogP contribution in [0.3, 0.4) is 0 Å². The summed E-state index contributed by atoms with van der Waals surface area (Å²) < 4.78 is 51.4.